The number of hydrogen-bond donors (Lipinski definition) is 1. The molecule has 1 aromatic heterocycles. The maximum Gasteiger partial charge on any atom is 0.208 e. The molecule has 4 rings (SSSR count). The van der Waals surface area contributed by atoms with Crippen LogP contribution in [0.5, 0.6) is 5.75 Å². The Labute approximate surface area is 188 Å². The fraction of sp³-hybridized carbons (Fsp3) is 0.269. The van der Waals surface area contributed by atoms with Crippen LogP contribution in [0.4, 0.5) is 5.95 Å². The SMILES string of the molecule is CCOc1ccc(-n2c(NCc3ccc(C(C)(C)C)cc3)nc3ccc(Cl)cc32)cc1. The Morgan fingerprint density at radius 2 is 1.68 bits per heavy atom. The maximum atomic E-state index is 6.30. The fourth-order valence-corrected chi connectivity index (χ4v) is 3.76. The monoisotopic (exact) mass is 433 g/mol. The zero-order valence-electron chi connectivity index (χ0n) is 18.4. The van der Waals surface area contributed by atoms with Gasteiger partial charge in [-0.05, 0) is 65.9 Å². The summed E-state index contributed by atoms with van der Waals surface area (Å²) in [6.45, 7) is 9.98. The zero-order chi connectivity index (χ0) is 22.0. The first-order valence-corrected chi connectivity index (χ1v) is 11.0. The zero-order valence-corrected chi connectivity index (χ0v) is 19.2. The van der Waals surface area contributed by atoms with E-state index in [-0.39, 0.29) is 5.41 Å². The summed E-state index contributed by atoms with van der Waals surface area (Å²) >= 11 is 6.30. The van der Waals surface area contributed by atoms with Gasteiger partial charge in [0.25, 0.3) is 0 Å². The Kier molecular flexibility index (Phi) is 5.92. The Morgan fingerprint density at radius 1 is 0.968 bits per heavy atom. The number of benzene rings is 3. The molecule has 0 bridgehead atoms. The van der Waals surface area contributed by atoms with Gasteiger partial charge >= 0.3 is 0 Å². The van der Waals surface area contributed by atoms with E-state index in [9.17, 15) is 0 Å². The van der Waals surface area contributed by atoms with Crippen LogP contribution in [0.2, 0.25) is 5.02 Å². The van der Waals surface area contributed by atoms with Crippen LogP contribution >= 0.6 is 11.6 Å². The van der Waals surface area contributed by atoms with Gasteiger partial charge in [0.15, 0.2) is 0 Å². The van der Waals surface area contributed by atoms with Crippen molar-refractivity contribution in [2.45, 2.75) is 39.7 Å². The summed E-state index contributed by atoms with van der Waals surface area (Å²) in [6, 6.07) is 22.5. The summed E-state index contributed by atoms with van der Waals surface area (Å²) in [4.78, 5) is 4.82. The second kappa shape index (κ2) is 8.64. The second-order valence-electron chi connectivity index (χ2n) is 8.63. The summed E-state index contributed by atoms with van der Waals surface area (Å²) in [5.74, 6) is 1.63. The highest BCUT2D eigenvalue weighted by Crippen LogP contribution is 2.29. The molecule has 0 amide bonds. The molecule has 0 saturated carbocycles. The molecule has 0 saturated heterocycles. The number of rotatable bonds is 6. The van der Waals surface area contributed by atoms with Crippen LogP contribution in [-0.2, 0) is 12.0 Å². The Morgan fingerprint density at radius 3 is 2.32 bits per heavy atom. The summed E-state index contributed by atoms with van der Waals surface area (Å²) in [5, 5.41) is 4.20. The molecule has 4 aromatic rings. The normalized spacial score (nSPS) is 11.6. The lowest BCUT2D eigenvalue weighted by molar-refractivity contribution is 0.340. The number of imidazole rings is 1. The molecule has 31 heavy (non-hydrogen) atoms. The van der Waals surface area contributed by atoms with Gasteiger partial charge in [-0.15, -0.1) is 0 Å². The predicted molar refractivity (Wildman–Crippen MR) is 130 cm³/mol. The van der Waals surface area contributed by atoms with Crippen LogP contribution in [0, 0.1) is 0 Å². The third-order valence-electron chi connectivity index (χ3n) is 5.29. The number of ether oxygens (including phenoxy) is 1. The van der Waals surface area contributed by atoms with Gasteiger partial charge in [-0.2, -0.15) is 0 Å². The van der Waals surface area contributed by atoms with Gasteiger partial charge in [0.05, 0.1) is 17.6 Å². The van der Waals surface area contributed by atoms with E-state index >= 15 is 0 Å². The van der Waals surface area contributed by atoms with Crippen LogP contribution in [0.15, 0.2) is 66.7 Å². The minimum atomic E-state index is 0.146. The lowest BCUT2D eigenvalue weighted by atomic mass is 9.87. The number of aromatic nitrogens is 2. The van der Waals surface area contributed by atoms with Crippen molar-refractivity contribution in [2.75, 3.05) is 11.9 Å². The summed E-state index contributed by atoms with van der Waals surface area (Å²) in [5.41, 5.74) is 5.53. The molecule has 1 heterocycles. The van der Waals surface area contributed by atoms with Gasteiger partial charge in [-0.3, -0.25) is 4.57 Å². The number of halogens is 1. The van der Waals surface area contributed by atoms with Crippen LogP contribution < -0.4 is 10.1 Å². The molecule has 160 valence electrons. The van der Waals surface area contributed by atoms with Crippen molar-refractivity contribution in [3.8, 4) is 11.4 Å². The highest BCUT2D eigenvalue weighted by Gasteiger charge is 2.15. The molecule has 0 unspecified atom stereocenters. The highest BCUT2D eigenvalue weighted by atomic mass is 35.5. The van der Waals surface area contributed by atoms with Gasteiger partial charge < -0.3 is 10.1 Å². The van der Waals surface area contributed by atoms with E-state index in [0.29, 0.717) is 18.2 Å². The van der Waals surface area contributed by atoms with E-state index in [1.165, 1.54) is 11.1 Å². The lowest BCUT2D eigenvalue weighted by Gasteiger charge is -2.19. The van der Waals surface area contributed by atoms with Gasteiger partial charge in [-0.25, -0.2) is 4.98 Å². The smallest absolute Gasteiger partial charge is 0.208 e. The van der Waals surface area contributed by atoms with Crippen LogP contribution in [0.3, 0.4) is 0 Å². The van der Waals surface area contributed by atoms with E-state index < -0.39 is 0 Å². The second-order valence-corrected chi connectivity index (χ2v) is 9.07. The van der Waals surface area contributed by atoms with E-state index in [0.717, 1.165) is 28.4 Å². The summed E-state index contributed by atoms with van der Waals surface area (Å²) < 4.78 is 7.69. The average molecular weight is 434 g/mol. The number of anilines is 1. The van der Waals surface area contributed by atoms with Crippen LogP contribution in [0.1, 0.15) is 38.8 Å². The fourth-order valence-electron chi connectivity index (χ4n) is 3.59. The van der Waals surface area contributed by atoms with E-state index in [1.54, 1.807) is 0 Å². The molecular weight excluding hydrogens is 406 g/mol. The Balaban J connectivity index is 1.66. The molecule has 0 aliphatic carbocycles. The van der Waals surface area contributed by atoms with Crippen molar-refractivity contribution in [3.63, 3.8) is 0 Å². The first-order valence-electron chi connectivity index (χ1n) is 10.6. The molecule has 0 spiro atoms. The van der Waals surface area contributed by atoms with Gasteiger partial charge in [0.1, 0.15) is 5.75 Å². The first kappa shape index (κ1) is 21.3. The highest BCUT2D eigenvalue weighted by molar-refractivity contribution is 6.31. The Bertz CT molecular complexity index is 1170. The predicted octanol–water partition coefficient (Wildman–Crippen LogP) is 6.99. The third-order valence-corrected chi connectivity index (χ3v) is 5.53. The summed E-state index contributed by atoms with van der Waals surface area (Å²) in [6.07, 6.45) is 0. The lowest BCUT2D eigenvalue weighted by Crippen LogP contribution is -2.11. The molecule has 1 N–H and O–H groups in total. The third kappa shape index (κ3) is 4.70. The van der Waals surface area contributed by atoms with Crippen molar-refractivity contribution in [2.24, 2.45) is 0 Å². The molecule has 0 radical (unpaired) electrons. The largest absolute Gasteiger partial charge is 0.494 e. The minimum Gasteiger partial charge on any atom is -0.494 e. The van der Waals surface area contributed by atoms with E-state index in [1.807, 2.05) is 49.4 Å². The number of nitrogens with zero attached hydrogens (tertiary/aromatic N) is 2. The van der Waals surface area contributed by atoms with Gasteiger partial charge in [0.2, 0.25) is 5.95 Å². The standard InChI is InChI=1S/C26H28ClN3O/c1-5-31-22-13-11-21(12-14-22)30-24-16-20(27)10-15-23(24)29-25(30)28-17-18-6-8-19(9-7-18)26(2,3)4/h6-16H,5,17H2,1-4H3,(H,28,29). The molecule has 0 atom stereocenters. The molecule has 4 nitrogen and oxygen atoms in total. The van der Waals surface area contributed by atoms with E-state index in [4.69, 9.17) is 21.3 Å². The number of hydrogen-bond acceptors (Lipinski definition) is 3. The molecular formula is C26H28ClN3O. The Hall–Kier alpha value is -2.98. The van der Waals surface area contributed by atoms with E-state index in [2.05, 4.69) is 54.9 Å². The molecule has 0 aliphatic rings. The summed E-state index contributed by atoms with van der Waals surface area (Å²) in [7, 11) is 0. The molecule has 5 heteroatoms. The average Bonchev–Trinajstić information content (AvgIpc) is 3.10. The minimum absolute atomic E-state index is 0.146. The van der Waals surface area contributed by atoms with Crippen molar-refractivity contribution in [1.29, 1.82) is 0 Å². The van der Waals surface area contributed by atoms with Crippen LogP contribution in [-0.4, -0.2) is 16.2 Å². The molecule has 0 fully saturated rings. The molecule has 0 aliphatic heterocycles. The van der Waals surface area contributed by atoms with Crippen molar-refractivity contribution < 1.29 is 4.74 Å². The van der Waals surface area contributed by atoms with Crippen molar-refractivity contribution in [1.82, 2.24) is 9.55 Å². The maximum absolute atomic E-state index is 6.30. The number of nitrogens with one attached hydrogen (secondary N) is 1. The quantitative estimate of drug-likeness (QED) is 0.356. The number of fused-ring (bicyclic) bond motifs is 1. The van der Waals surface area contributed by atoms with Crippen molar-refractivity contribution in [3.05, 3.63) is 82.9 Å². The topological polar surface area (TPSA) is 39.1 Å². The van der Waals surface area contributed by atoms with Crippen LogP contribution in [0.25, 0.3) is 16.7 Å². The molecule has 3 aromatic carbocycles. The van der Waals surface area contributed by atoms with Gasteiger partial charge in [0, 0.05) is 17.3 Å². The van der Waals surface area contributed by atoms with Gasteiger partial charge in [-0.1, -0.05) is 56.6 Å². The van der Waals surface area contributed by atoms with Crippen molar-refractivity contribution >= 4 is 28.6 Å². The first-order chi connectivity index (χ1) is 14.8.